The van der Waals surface area contributed by atoms with E-state index < -0.39 is 21.2 Å². The van der Waals surface area contributed by atoms with Crippen LogP contribution in [0.25, 0.3) is 11.4 Å². The van der Waals surface area contributed by atoms with Crippen molar-refractivity contribution in [3.05, 3.63) is 41.5 Å². The van der Waals surface area contributed by atoms with Crippen LogP contribution in [0.4, 0.5) is 0 Å². The van der Waals surface area contributed by atoms with E-state index in [1.54, 1.807) is 17.8 Å². The van der Waals surface area contributed by atoms with E-state index in [1.165, 1.54) is 12.4 Å². The molecular formula is C20H26ClN7O3S. The molecule has 3 aromatic heterocycles. The molecule has 0 aromatic carbocycles. The highest BCUT2D eigenvalue weighted by atomic mass is 35.5. The van der Waals surface area contributed by atoms with Gasteiger partial charge in [-0.1, -0.05) is 11.6 Å². The van der Waals surface area contributed by atoms with Crippen LogP contribution in [0.2, 0.25) is 5.02 Å². The molecule has 10 nitrogen and oxygen atoms in total. The van der Waals surface area contributed by atoms with Crippen molar-refractivity contribution in [3.63, 3.8) is 0 Å². The first-order chi connectivity index (χ1) is 15.2. The van der Waals surface area contributed by atoms with Crippen LogP contribution in [-0.4, -0.2) is 54.3 Å². The van der Waals surface area contributed by atoms with Gasteiger partial charge in [0.15, 0.2) is 21.5 Å². The standard InChI is InChI=1S/C20H26ClN7O3S/c1-12(2)31-18(19-22-8-15(21)9-23-19)13(3)32(29,30)11-17-25-26-20(28(17)16-5-6-16)14-7-24-27(4)10-14/h7-10,12-13,16,18H,5-6,11H2,1-4H3/t13-,18+/m0/s1. The third kappa shape index (κ3) is 4.84. The van der Waals surface area contributed by atoms with Gasteiger partial charge in [0.25, 0.3) is 0 Å². The molecule has 1 aliphatic carbocycles. The highest BCUT2D eigenvalue weighted by molar-refractivity contribution is 7.91. The van der Waals surface area contributed by atoms with Crippen LogP contribution in [-0.2, 0) is 27.4 Å². The monoisotopic (exact) mass is 479 g/mol. The molecule has 0 amide bonds. The van der Waals surface area contributed by atoms with Crippen LogP contribution >= 0.6 is 11.6 Å². The summed E-state index contributed by atoms with van der Waals surface area (Å²) in [5, 5.41) is 12.2. The Morgan fingerprint density at radius 1 is 1.16 bits per heavy atom. The molecule has 1 fully saturated rings. The molecule has 0 saturated heterocycles. The molecular weight excluding hydrogens is 454 g/mol. The van der Waals surface area contributed by atoms with Crippen molar-refractivity contribution in [2.24, 2.45) is 7.05 Å². The van der Waals surface area contributed by atoms with E-state index >= 15 is 0 Å². The van der Waals surface area contributed by atoms with Crippen molar-refractivity contribution in [3.8, 4) is 11.4 Å². The van der Waals surface area contributed by atoms with E-state index in [-0.39, 0.29) is 23.7 Å². The van der Waals surface area contributed by atoms with Gasteiger partial charge in [-0.3, -0.25) is 4.68 Å². The summed E-state index contributed by atoms with van der Waals surface area (Å²) in [7, 11) is -1.87. The Morgan fingerprint density at radius 2 is 1.84 bits per heavy atom. The van der Waals surface area contributed by atoms with E-state index in [0.717, 1.165) is 18.4 Å². The van der Waals surface area contributed by atoms with E-state index in [1.807, 2.05) is 31.7 Å². The number of nitrogens with zero attached hydrogens (tertiary/aromatic N) is 7. The minimum absolute atomic E-state index is 0.197. The summed E-state index contributed by atoms with van der Waals surface area (Å²) < 4.78 is 36.4. The number of hydrogen-bond donors (Lipinski definition) is 0. The maximum absolute atomic E-state index is 13.4. The number of sulfone groups is 1. The van der Waals surface area contributed by atoms with Gasteiger partial charge < -0.3 is 9.30 Å². The summed E-state index contributed by atoms with van der Waals surface area (Å²) in [6.45, 7) is 5.29. The van der Waals surface area contributed by atoms with Crippen LogP contribution in [0, 0.1) is 0 Å². The van der Waals surface area contributed by atoms with Gasteiger partial charge in [-0.25, -0.2) is 18.4 Å². The number of aryl methyl sites for hydroxylation is 1. The SMILES string of the molecule is CC(C)O[C@@H](c1ncc(Cl)cn1)[C@H](C)S(=O)(=O)Cc1nnc(-c2cnn(C)c2)n1C1CC1. The molecule has 1 aliphatic rings. The summed E-state index contributed by atoms with van der Waals surface area (Å²) in [6, 6.07) is 0.197. The van der Waals surface area contributed by atoms with Gasteiger partial charge in [0.2, 0.25) is 0 Å². The predicted octanol–water partition coefficient (Wildman–Crippen LogP) is 2.93. The third-order valence-electron chi connectivity index (χ3n) is 5.28. The Hall–Kier alpha value is -2.37. The normalized spacial score (nSPS) is 16.4. The Bertz CT molecular complexity index is 1190. The zero-order chi connectivity index (χ0) is 23.0. The van der Waals surface area contributed by atoms with Gasteiger partial charge in [-0.05, 0) is 33.6 Å². The average molecular weight is 480 g/mol. The van der Waals surface area contributed by atoms with Gasteiger partial charge in [-0.2, -0.15) is 5.10 Å². The maximum Gasteiger partial charge on any atom is 0.167 e. The van der Waals surface area contributed by atoms with E-state index in [9.17, 15) is 8.42 Å². The van der Waals surface area contributed by atoms with Gasteiger partial charge >= 0.3 is 0 Å². The minimum Gasteiger partial charge on any atom is -0.366 e. The molecule has 32 heavy (non-hydrogen) atoms. The molecule has 172 valence electrons. The maximum atomic E-state index is 13.4. The summed E-state index contributed by atoms with van der Waals surface area (Å²) in [4.78, 5) is 8.40. The predicted molar refractivity (Wildman–Crippen MR) is 119 cm³/mol. The minimum atomic E-state index is -3.69. The van der Waals surface area contributed by atoms with E-state index in [0.29, 0.717) is 16.7 Å². The van der Waals surface area contributed by atoms with Crippen molar-refractivity contribution in [2.45, 2.75) is 62.9 Å². The number of ether oxygens (including phenoxy) is 1. The highest BCUT2D eigenvalue weighted by Gasteiger charge is 2.37. The zero-order valence-electron chi connectivity index (χ0n) is 18.4. The van der Waals surface area contributed by atoms with Crippen molar-refractivity contribution in [1.82, 2.24) is 34.5 Å². The van der Waals surface area contributed by atoms with Gasteiger partial charge in [-0.15, -0.1) is 10.2 Å². The van der Waals surface area contributed by atoms with Gasteiger partial charge in [0.1, 0.15) is 17.7 Å². The van der Waals surface area contributed by atoms with Crippen molar-refractivity contribution in [1.29, 1.82) is 0 Å². The molecule has 4 rings (SSSR count). The van der Waals surface area contributed by atoms with Crippen molar-refractivity contribution in [2.75, 3.05) is 0 Å². The van der Waals surface area contributed by atoms with Crippen LogP contribution in [0.15, 0.2) is 24.8 Å². The van der Waals surface area contributed by atoms with E-state index in [4.69, 9.17) is 16.3 Å². The quantitative estimate of drug-likeness (QED) is 0.459. The lowest BCUT2D eigenvalue weighted by Crippen LogP contribution is -2.32. The van der Waals surface area contributed by atoms with E-state index in [2.05, 4.69) is 25.3 Å². The van der Waals surface area contributed by atoms with Crippen molar-refractivity contribution >= 4 is 21.4 Å². The average Bonchev–Trinajstić information content (AvgIpc) is 3.35. The lowest BCUT2D eigenvalue weighted by atomic mass is 10.2. The van der Waals surface area contributed by atoms with Gasteiger partial charge in [0.05, 0.1) is 28.1 Å². The van der Waals surface area contributed by atoms with Crippen LogP contribution in [0.3, 0.4) is 0 Å². The van der Waals surface area contributed by atoms with Crippen molar-refractivity contribution < 1.29 is 13.2 Å². The third-order valence-corrected chi connectivity index (χ3v) is 7.51. The fourth-order valence-electron chi connectivity index (χ4n) is 3.52. The summed E-state index contributed by atoms with van der Waals surface area (Å²) in [5.41, 5.74) is 0.805. The second-order valence-electron chi connectivity index (χ2n) is 8.32. The zero-order valence-corrected chi connectivity index (χ0v) is 20.0. The Morgan fingerprint density at radius 3 is 2.41 bits per heavy atom. The number of halogens is 1. The molecule has 3 aromatic rings. The fourth-order valence-corrected chi connectivity index (χ4v) is 5.00. The molecule has 3 heterocycles. The summed E-state index contributed by atoms with van der Waals surface area (Å²) in [6.07, 6.45) is 7.28. The first kappa shape index (κ1) is 22.8. The molecule has 12 heteroatoms. The number of aromatic nitrogens is 7. The second-order valence-corrected chi connectivity index (χ2v) is 11.1. The Labute approximate surface area is 191 Å². The largest absolute Gasteiger partial charge is 0.366 e. The Kier molecular flexibility index (Phi) is 6.33. The van der Waals surface area contributed by atoms with Crippen LogP contribution in [0.5, 0.6) is 0 Å². The molecule has 2 atom stereocenters. The smallest absolute Gasteiger partial charge is 0.167 e. The first-order valence-electron chi connectivity index (χ1n) is 10.4. The van der Waals surface area contributed by atoms with Crippen LogP contribution < -0.4 is 0 Å². The highest BCUT2D eigenvalue weighted by Crippen LogP contribution is 2.39. The molecule has 0 spiro atoms. The number of hydrogen-bond acceptors (Lipinski definition) is 8. The second kappa shape index (κ2) is 8.87. The lowest BCUT2D eigenvalue weighted by Gasteiger charge is -2.25. The summed E-state index contributed by atoms with van der Waals surface area (Å²) in [5.74, 6) is 1.07. The molecule has 0 bridgehead atoms. The topological polar surface area (TPSA) is 118 Å². The molecule has 1 saturated carbocycles. The molecule has 0 N–H and O–H groups in total. The fraction of sp³-hybridized carbons (Fsp3) is 0.550. The van der Waals surface area contributed by atoms with Gasteiger partial charge in [0, 0.05) is 31.7 Å². The molecule has 0 aliphatic heterocycles. The number of rotatable bonds is 9. The van der Waals surface area contributed by atoms with Crippen LogP contribution in [0.1, 0.15) is 57.4 Å². The first-order valence-corrected chi connectivity index (χ1v) is 12.5. The molecule has 0 unspecified atom stereocenters. The summed E-state index contributed by atoms with van der Waals surface area (Å²) >= 11 is 5.90. The lowest BCUT2D eigenvalue weighted by molar-refractivity contribution is 0.00143. The molecule has 0 radical (unpaired) electrons. The Balaban J connectivity index is 1.64.